The van der Waals surface area contributed by atoms with Gasteiger partial charge in [-0.25, -0.2) is 4.72 Å². The van der Waals surface area contributed by atoms with Crippen LogP contribution in [0, 0.1) is 0 Å². The molecule has 2 aromatic heterocycles. The number of hydrogen-bond acceptors (Lipinski definition) is 6. The van der Waals surface area contributed by atoms with Crippen LogP contribution < -0.4 is 4.72 Å². The number of amides is 1. The molecule has 1 saturated heterocycles. The Kier molecular flexibility index (Phi) is 7.15. The van der Waals surface area contributed by atoms with Gasteiger partial charge in [-0.2, -0.15) is 0 Å². The Balaban J connectivity index is 1.18. The first-order valence-corrected chi connectivity index (χ1v) is 12.8. The summed E-state index contributed by atoms with van der Waals surface area (Å²) in [6, 6.07) is 18.4. The number of halogens is 1. The number of hydrogen-bond donors (Lipinski definition) is 1. The first-order chi connectivity index (χ1) is 17.1. The van der Waals surface area contributed by atoms with Crippen molar-refractivity contribution in [2.75, 3.05) is 30.9 Å². The number of pyridine rings is 2. The van der Waals surface area contributed by atoms with Crippen LogP contribution >= 0.6 is 11.6 Å². The molecule has 1 atom stereocenters. The van der Waals surface area contributed by atoms with Crippen molar-refractivity contribution in [2.45, 2.75) is 11.4 Å². The van der Waals surface area contributed by atoms with Crippen LogP contribution in [-0.4, -0.2) is 56.4 Å². The fraction of sp³-hybridized carbons (Fsp3) is 0.192. The van der Waals surface area contributed by atoms with Gasteiger partial charge in [-0.1, -0.05) is 29.8 Å². The molecule has 178 valence electrons. The summed E-state index contributed by atoms with van der Waals surface area (Å²) in [5.74, 6) is -0.00000178. The predicted octanol–water partition coefficient (Wildman–Crippen LogP) is 4.38. The van der Waals surface area contributed by atoms with Crippen LogP contribution in [0.15, 0.2) is 84.1 Å². The van der Waals surface area contributed by atoms with Gasteiger partial charge in [0.05, 0.1) is 10.7 Å². The zero-order chi connectivity index (χ0) is 24.2. The van der Waals surface area contributed by atoms with Gasteiger partial charge in [0.15, 0.2) is 0 Å². The van der Waals surface area contributed by atoms with Gasteiger partial charge in [0, 0.05) is 62.3 Å². The van der Waals surface area contributed by atoms with Gasteiger partial charge >= 0.3 is 0 Å². The van der Waals surface area contributed by atoms with E-state index in [9.17, 15) is 9.35 Å². The third-order valence-electron chi connectivity index (χ3n) is 5.97. The highest BCUT2D eigenvalue weighted by atomic mass is 35.5. The van der Waals surface area contributed by atoms with Crippen molar-refractivity contribution >= 4 is 45.5 Å². The molecule has 2 aromatic carbocycles. The van der Waals surface area contributed by atoms with Crippen LogP contribution in [0.5, 0.6) is 0 Å². The Labute approximate surface area is 212 Å². The first kappa shape index (κ1) is 23.6. The lowest BCUT2D eigenvalue weighted by Gasteiger charge is -2.34. The standard InChI is InChI=1S/C26H24ClN5O2S/c27-22-15-19(16-28-17-22)18-31-11-13-32(14-12-31)26(33)21-6-8-23(9-7-21)30-35(34)24-5-1-3-20-4-2-10-29-25(20)24/h1-10,15-17,30H,11-14,18H2. The minimum atomic E-state index is -1.48. The molecule has 1 N–H and O–H groups in total. The van der Waals surface area contributed by atoms with E-state index in [1.165, 1.54) is 0 Å². The second kappa shape index (κ2) is 10.6. The van der Waals surface area contributed by atoms with E-state index in [1.807, 2.05) is 41.4 Å². The van der Waals surface area contributed by atoms with E-state index in [0.717, 1.165) is 30.6 Å². The van der Waals surface area contributed by atoms with Crippen LogP contribution in [0.25, 0.3) is 10.9 Å². The van der Waals surface area contributed by atoms with Gasteiger partial charge in [-0.3, -0.25) is 19.7 Å². The number of nitrogens with zero attached hydrogens (tertiary/aromatic N) is 4. The Morgan fingerprint density at radius 1 is 1.03 bits per heavy atom. The van der Waals surface area contributed by atoms with Crippen LogP contribution in [0.4, 0.5) is 5.69 Å². The van der Waals surface area contributed by atoms with Gasteiger partial charge in [0.2, 0.25) is 4.90 Å². The molecule has 0 saturated carbocycles. The Morgan fingerprint density at radius 3 is 2.57 bits per heavy atom. The topological polar surface area (TPSA) is 84.4 Å². The highest BCUT2D eigenvalue weighted by Crippen LogP contribution is 2.24. The minimum absolute atomic E-state index is 0.00000178. The number of carbonyl (C=O) groups excluding carboxylic acids is 1. The molecule has 0 bridgehead atoms. The normalized spacial score (nSPS) is 15.2. The number of fused-ring (bicyclic) bond motifs is 1. The second-order valence-corrected chi connectivity index (χ2v) is 9.98. The van der Waals surface area contributed by atoms with Crippen molar-refractivity contribution in [3.05, 3.63) is 95.4 Å². The highest BCUT2D eigenvalue weighted by Gasteiger charge is 2.23. The zero-order valence-corrected chi connectivity index (χ0v) is 20.5. The van der Waals surface area contributed by atoms with E-state index in [1.54, 1.807) is 42.7 Å². The SMILES string of the molecule is O=C(c1ccc(N[S+]([O-])c2cccc3cccnc23)cc1)N1CCN(Cc2cncc(Cl)c2)CC1. The summed E-state index contributed by atoms with van der Waals surface area (Å²) in [6.07, 6.45) is 5.14. The summed E-state index contributed by atoms with van der Waals surface area (Å²) < 4.78 is 16.0. The summed E-state index contributed by atoms with van der Waals surface area (Å²) in [7, 11) is 0. The van der Waals surface area contributed by atoms with Crippen LogP contribution in [0.2, 0.25) is 5.02 Å². The van der Waals surface area contributed by atoms with Crippen molar-refractivity contribution in [1.82, 2.24) is 19.8 Å². The van der Waals surface area contributed by atoms with Gasteiger partial charge in [0.1, 0.15) is 16.9 Å². The number of benzene rings is 2. The maximum absolute atomic E-state index is 13.0. The lowest BCUT2D eigenvalue weighted by atomic mass is 10.1. The fourth-order valence-corrected chi connectivity index (χ4v) is 5.37. The van der Waals surface area contributed by atoms with E-state index in [-0.39, 0.29) is 5.91 Å². The molecule has 9 heteroatoms. The molecule has 35 heavy (non-hydrogen) atoms. The molecule has 3 heterocycles. The van der Waals surface area contributed by atoms with Gasteiger partial charge in [-0.05, 0) is 48.0 Å². The average molecular weight is 506 g/mol. The summed E-state index contributed by atoms with van der Waals surface area (Å²) in [5, 5.41) is 1.57. The van der Waals surface area contributed by atoms with Crippen molar-refractivity contribution in [3.8, 4) is 0 Å². The molecule has 0 aliphatic carbocycles. The molecule has 0 spiro atoms. The highest BCUT2D eigenvalue weighted by molar-refractivity contribution is 7.93. The van der Waals surface area contributed by atoms with Crippen molar-refractivity contribution in [3.63, 3.8) is 0 Å². The molecule has 1 fully saturated rings. The van der Waals surface area contributed by atoms with Gasteiger partial charge < -0.3 is 9.45 Å². The number of piperazine rings is 1. The Bertz CT molecular complexity index is 1320. The van der Waals surface area contributed by atoms with Crippen molar-refractivity contribution < 1.29 is 9.35 Å². The molecule has 5 rings (SSSR count). The van der Waals surface area contributed by atoms with Crippen molar-refractivity contribution in [2.24, 2.45) is 0 Å². The summed E-state index contributed by atoms with van der Waals surface area (Å²) in [4.78, 5) is 26.3. The fourth-order valence-electron chi connectivity index (χ4n) is 4.16. The summed E-state index contributed by atoms with van der Waals surface area (Å²) >= 11 is 4.55. The molecule has 1 unspecified atom stereocenters. The van der Waals surface area contributed by atoms with Gasteiger partial charge in [-0.15, -0.1) is 0 Å². The Hall–Kier alpha value is -3.17. The molecule has 4 aromatic rings. The average Bonchev–Trinajstić information content (AvgIpc) is 2.89. The maximum Gasteiger partial charge on any atom is 0.253 e. The molecular weight excluding hydrogens is 482 g/mol. The van der Waals surface area contributed by atoms with Crippen LogP contribution in [0.1, 0.15) is 15.9 Å². The lowest BCUT2D eigenvalue weighted by molar-refractivity contribution is 0.0628. The number of para-hydroxylation sites is 1. The monoisotopic (exact) mass is 505 g/mol. The molecule has 7 nitrogen and oxygen atoms in total. The summed E-state index contributed by atoms with van der Waals surface area (Å²) in [5.41, 5.74) is 3.06. The molecule has 1 aliphatic rings. The molecular formula is C26H24ClN5O2S. The van der Waals surface area contributed by atoms with Crippen molar-refractivity contribution in [1.29, 1.82) is 0 Å². The van der Waals surface area contributed by atoms with E-state index in [2.05, 4.69) is 19.6 Å². The van der Waals surface area contributed by atoms with Crippen LogP contribution in [-0.2, 0) is 17.9 Å². The zero-order valence-electron chi connectivity index (χ0n) is 18.9. The smallest absolute Gasteiger partial charge is 0.253 e. The number of aromatic nitrogens is 2. The first-order valence-electron chi connectivity index (χ1n) is 11.3. The summed E-state index contributed by atoms with van der Waals surface area (Å²) in [6.45, 7) is 3.65. The van der Waals surface area contributed by atoms with Crippen LogP contribution in [0.3, 0.4) is 0 Å². The van der Waals surface area contributed by atoms with E-state index in [4.69, 9.17) is 11.6 Å². The largest absolute Gasteiger partial charge is 0.588 e. The molecule has 1 amide bonds. The molecule has 0 radical (unpaired) electrons. The minimum Gasteiger partial charge on any atom is -0.588 e. The quantitative estimate of drug-likeness (QED) is 0.391. The Morgan fingerprint density at radius 2 is 1.80 bits per heavy atom. The van der Waals surface area contributed by atoms with E-state index in [0.29, 0.717) is 39.8 Å². The number of nitrogens with one attached hydrogen (secondary N) is 1. The number of carbonyl (C=O) groups is 1. The van der Waals surface area contributed by atoms with E-state index < -0.39 is 11.4 Å². The number of rotatable bonds is 6. The number of anilines is 1. The third-order valence-corrected chi connectivity index (χ3v) is 7.32. The maximum atomic E-state index is 13.0. The predicted molar refractivity (Wildman–Crippen MR) is 139 cm³/mol. The van der Waals surface area contributed by atoms with Gasteiger partial charge in [0.25, 0.3) is 5.91 Å². The second-order valence-electron chi connectivity index (χ2n) is 8.36. The lowest BCUT2D eigenvalue weighted by Crippen LogP contribution is -2.48. The third kappa shape index (κ3) is 5.57. The molecule has 1 aliphatic heterocycles. The van der Waals surface area contributed by atoms with E-state index >= 15 is 0 Å².